The monoisotopic (exact) mass is 247 g/mol. The van der Waals surface area contributed by atoms with Crippen LogP contribution < -0.4 is 0 Å². The van der Waals surface area contributed by atoms with E-state index in [2.05, 4.69) is 4.40 Å². The smallest absolute Gasteiger partial charge is 0.285 e. The number of hydrogen-bond donors (Lipinski definition) is 0. The zero-order valence-electron chi connectivity index (χ0n) is 8.05. The summed E-state index contributed by atoms with van der Waals surface area (Å²) in [5, 5.41) is 0.475. The fourth-order valence-electron chi connectivity index (χ4n) is 0.829. The van der Waals surface area contributed by atoms with Crippen molar-refractivity contribution in [2.24, 2.45) is 4.40 Å². The van der Waals surface area contributed by atoms with Gasteiger partial charge in [0, 0.05) is 5.02 Å². The third kappa shape index (κ3) is 3.53. The molecule has 0 saturated carbocycles. The molecule has 1 rings (SSSR count). The van der Waals surface area contributed by atoms with E-state index < -0.39 is 10.0 Å². The SMILES string of the molecule is CCO/C=N/S(=O)(=O)c1ccc(Cl)cc1. The molecule has 82 valence electrons. The molecule has 15 heavy (non-hydrogen) atoms. The fourth-order valence-corrected chi connectivity index (χ4v) is 1.73. The van der Waals surface area contributed by atoms with E-state index in [4.69, 9.17) is 16.3 Å². The van der Waals surface area contributed by atoms with Crippen LogP contribution >= 0.6 is 11.6 Å². The first-order chi connectivity index (χ1) is 7.06. The summed E-state index contributed by atoms with van der Waals surface area (Å²) in [7, 11) is -3.66. The number of hydrogen-bond acceptors (Lipinski definition) is 3. The van der Waals surface area contributed by atoms with E-state index in [0.29, 0.717) is 11.6 Å². The Morgan fingerprint density at radius 2 is 2.00 bits per heavy atom. The molecule has 0 N–H and O–H groups in total. The van der Waals surface area contributed by atoms with E-state index in [1.54, 1.807) is 6.92 Å². The second-order valence-electron chi connectivity index (χ2n) is 2.60. The molecule has 0 unspecified atom stereocenters. The average Bonchev–Trinajstić information content (AvgIpc) is 2.18. The first kappa shape index (κ1) is 12.0. The maximum atomic E-state index is 11.5. The Morgan fingerprint density at radius 1 is 1.40 bits per heavy atom. The Morgan fingerprint density at radius 3 is 2.53 bits per heavy atom. The van der Waals surface area contributed by atoms with E-state index in [1.165, 1.54) is 24.3 Å². The van der Waals surface area contributed by atoms with E-state index in [0.717, 1.165) is 6.40 Å². The van der Waals surface area contributed by atoms with Gasteiger partial charge in [0.15, 0.2) is 6.40 Å². The molecule has 0 spiro atoms. The van der Waals surface area contributed by atoms with E-state index in [9.17, 15) is 8.42 Å². The molecule has 0 heterocycles. The minimum absolute atomic E-state index is 0.0860. The maximum Gasteiger partial charge on any atom is 0.285 e. The number of benzene rings is 1. The molecular formula is C9H10ClNO3S. The number of ether oxygens (including phenoxy) is 1. The van der Waals surface area contributed by atoms with Crippen LogP contribution in [0, 0.1) is 0 Å². The number of rotatable bonds is 4. The molecule has 0 aliphatic carbocycles. The highest BCUT2D eigenvalue weighted by atomic mass is 35.5. The van der Waals surface area contributed by atoms with Crippen molar-refractivity contribution in [1.82, 2.24) is 0 Å². The summed E-state index contributed by atoms with van der Waals surface area (Å²) in [6.07, 6.45) is 0.921. The largest absolute Gasteiger partial charge is 0.483 e. The Kier molecular flexibility index (Phi) is 4.11. The summed E-state index contributed by atoms with van der Waals surface area (Å²) in [6.45, 7) is 2.11. The van der Waals surface area contributed by atoms with Crippen LogP contribution in [0.2, 0.25) is 5.02 Å². The minimum atomic E-state index is -3.66. The van der Waals surface area contributed by atoms with Crippen molar-refractivity contribution < 1.29 is 13.2 Å². The van der Waals surface area contributed by atoms with Crippen LogP contribution in [-0.2, 0) is 14.8 Å². The third-order valence-electron chi connectivity index (χ3n) is 1.53. The Labute approximate surface area is 93.6 Å². The van der Waals surface area contributed by atoms with Gasteiger partial charge in [0.2, 0.25) is 0 Å². The van der Waals surface area contributed by atoms with Crippen LogP contribution in [0.15, 0.2) is 33.6 Å². The summed E-state index contributed by atoms with van der Waals surface area (Å²) in [4.78, 5) is 0.0860. The normalized spacial score (nSPS) is 11.9. The van der Waals surface area contributed by atoms with Gasteiger partial charge in [-0.2, -0.15) is 8.42 Å². The van der Waals surface area contributed by atoms with E-state index >= 15 is 0 Å². The van der Waals surface area contributed by atoms with Crippen molar-refractivity contribution in [3.05, 3.63) is 29.3 Å². The van der Waals surface area contributed by atoms with Gasteiger partial charge < -0.3 is 4.74 Å². The van der Waals surface area contributed by atoms with Gasteiger partial charge >= 0.3 is 0 Å². The van der Waals surface area contributed by atoms with E-state index in [1.807, 2.05) is 0 Å². The van der Waals surface area contributed by atoms with E-state index in [-0.39, 0.29) is 4.90 Å². The molecule has 0 amide bonds. The third-order valence-corrected chi connectivity index (χ3v) is 3.02. The van der Waals surface area contributed by atoms with Gasteiger partial charge in [-0.25, -0.2) is 0 Å². The van der Waals surface area contributed by atoms with Crippen molar-refractivity contribution in [3.8, 4) is 0 Å². The van der Waals surface area contributed by atoms with Gasteiger partial charge in [-0.05, 0) is 31.2 Å². The molecule has 0 aromatic heterocycles. The summed E-state index contributed by atoms with van der Waals surface area (Å²) < 4.78 is 31.0. The van der Waals surface area contributed by atoms with Crippen molar-refractivity contribution in [3.63, 3.8) is 0 Å². The molecule has 0 aliphatic heterocycles. The molecule has 6 heteroatoms. The summed E-state index contributed by atoms with van der Waals surface area (Å²) in [5.74, 6) is 0. The first-order valence-corrected chi connectivity index (χ1v) is 6.04. The quantitative estimate of drug-likeness (QED) is 0.605. The standard InChI is InChI=1S/C9H10ClNO3S/c1-2-14-7-11-15(12,13)9-5-3-8(10)4-6-9/h3-7H,2H2,1H3/b11-7+. The second kappa shape index (κ2) is 5.14. The molecule has 4 nitrogen and oxygen atoms in total. The number of halogens is 1. The van der Waals surface area contributed by atoms with Crippen molar-refractivity contribution >= 4 is 28.0 Å². The fraction of sp³-hybridized carbons (Fsp3) is 0.222. The van der Waals surface area contributed by atoms with Gasteiger partial charge in [-0.3, -0.25) is 0 Å². The van der Waals surface area contributed by atoms with Crippen LogP contribution in [0.4, 0.5) is 0 Å². The molecular weight excluding hydrogens is 238 g/mol. The van der Waals surface area contributed by atoms with Crippen LogP contribution in [0.1, 0.15) is 6.92 Å². The lowest BCUT2D eigenvalue weighted by Crippen LogP contribution is -1.98. The van der Waals surface area contributed by atoms with Gasteiger partial charge in [0.05, 0.1) is 11.5 Å². The maximum absolute atomic E-state index is 11.5. The molecule has 0 saturated heterocycles. The van der Waals surface area contributed by atoms with Crippen molar-refractivity contribution in [1.29, 1.82) is 0 Å². The lowest BCUT2D eigenvalue weighted by molar-refractivity contribution is 0.344. The van der Waals surface area contributed by atoms with Crippen LogP contribution in [-0.4, -0.2) is 21.4 Å². The molecule has 1 aromatic carbocycles. The van der Waals surface area contributed by atoms with Gasteiger partial charge in [-0.1, -0.05) is 11.6 Å². The van der Waals surface area contributed by atoms with Crippen LogP contribution in [0.3, 0.4) is 0 Å². The van der Waals surface area contributed by atoms with Gasteiger partial charge in [-0.15, -0.1) is 4.40 Å². The Bertz CT molecular complexity index is 439. The molecule has 0 aliphatic rings. The molecule has 1 aromatic rings. The lowest BCUT2D eigenvalue weighted by atomic mass is 10.4. The van der Waals surface area contributed by atoms with Crippen molar-refractivity contribution in [2.75, 3.05) is 6.61 Å². The summed E-state index contributed by atoms with van der Waals surface area (Å²) in [6, 6.07) is 5.76. The van der Waals surface area contributed by atoms with Crippen LogP contribution in [0.25, 0.3) is 0 Å². The molecule has 0 fully saturated rings. The topological polar surface area (TPSA) is 55.7 Å². The molecule has 0 bridgehead atoms. The van der Waals surface area contributed by atoms with Gasteiger partial charge in [0.1, 0.15) is 0 Å². The summed E-state index contributed by atoms with van der Waals surface area (Å²) in [5.41, 5.74) is 0. The lowest BCUT2D eigenvalue weighted by Gasteiger charge is -1.98. The predicted molar refractivity (Wildman–Crippen MR) is 58.8 cm³/mol. The highest BCUT2D eigenvalue weighted by Crippen LogP contribution is 2.15. The second-order valence-corrected chi connectivity index (χ2v) is 4.66. The zero-order valence-corrected chi connectivity index (χ0v) is 9.62. The van der Waals surface area contributed by atoms with Crippen LogP contribution in [0.5, 0.6) is 0 Å². The van der Waals surface area contributed by atoms with Gasteiger partial charge in [0.25, 0.3) is 10.0 Å². The molecule has 0 radical (unpaired) electrons. The number of sulfonamides is 1. The van der Waals surface area contributed by atoms with Crippen molar-refractivity contribution in [2.45, 2.75) is 11.8 Å². The average molecular weight is 248 g/mol. The highest BCUT2D eigenvalue weighted by molar-refractivity contribution is 7.90. The Balaban J connectivity index is 2.91. The highest BCUT2D eigenvalue weighted by Gasteiger charge is 2.10. The summed E-state index contributed by atoms with van der Waals surface area (Å²) >= 11 is 5.63. The predicted octanol–water partition coefficient (Wildman–Crippen LogP) is 2.09. The minimum Gasteiger partial charge on any atom is -0.483 e. The molecule has 0 atom stereocenters. The first-order valence-electron chi connectivity index (χ1n) is 4.22. The Hall–Kier alpha value is -1.07. The zero-order chi connectivity index (χ0) is 11.3. The number of nitrogens with zero attached hydrogens (tertiary/aromatic N) is 1.